The van der Waals surface area contributed by atoms with E-state index in [1.165, 1.54) is 10.8 Å². The summed E-state index contributed by atoms with van der Waals surface area (Å²) in [6.45, 7) is 0.0814. The highest BCUT2D eigenvalue weighted by molar-refractivity contribution is 5.98. The molecule has 3 nitrogen and oxygen atoms in total. The van der Waals surface area contributed by atoms with E-state index in [-0.39, 0.29) is 6.61 Å². The quantitative estimate of drug-likeness (QED) is 0.549. The van der Waals surface area contributed by atoms with Gasteiger partial charge in [0.05, 0.1) is 0 Å². The molecule has 0 fully saturated rings. The second-order valence-electron chi connectivity index (χ2n) is 4.44. The van der Waals surface area contributed by atoms with Crippen LogP contribution < -0.4 is 0 Å². The van der Waals surface area contributed by atoms with Gasteiger partial charge in [-0.05, 0) is 45.3 Å². The topological polar surface area (TPSA) is 46.5 Å². The van der Waals surface area contributed by atoms with Gasteiger partial charge in [0, 0.05) is 0 Å². The molecule has 0 bridgehead atoms. The van der Waals surface area contributed by atoms with Crippen molar-refractivity contribution in [3.8, 4) is 0 Å². The predicted octanol–water partition coefficient (Wildman–Crippen LogP) is 4.19. The zero-order valence-corrected chi connectivity index (χ0v) is 10.2. The Morgan fingerprint density at radius 3 is 2.21 bits per heavy atom. The molecule has 3 heteroatoms. The third-order valence-electron chi connectivity index (χ3n) is 3.13. The highest BCUT2D eigenvalue weighted by Crippen LogP contribution is 2.23. The van der Waals surface area contributed by atoms with Gasteiger partial charge >= 0.3 is 6.16 Å². The van der Waals surface area contributed by atoms with Crippen molar-refractivity contribution >= 4 is 27.7 Å². The summed E-state index contributed by atoms with van der Waals surface area (Å²) in [6, 6.07) is 18.2. The molecule has 3 aromatic rings. The highest BCUT2D eigenvalue weighted by atomic mass is 16.7. The van der Waals surface area contributed by atoms with Crippen molar-refractivity contribution in [1.82, 2.24) is 0 Å². The second kappa shape index (κ2) is 4.61. The molecule has 94 valence electrons. The van der Waals surface area contributed by atoms with Crippen LogP contribution in [0.1, 0.15) is 5.56 Å². The first-order chi connectivity index (χ1) is 9.22. The summed E-state index contributed by atoms with van der Waals surface area (Å²) in [5.74, 6) is 0. The molecule has 0 atom stereocenters. The Bertz CT molecular complexity index is 762. The molecule has 3 aromatic carbocycles. The fourth-order valence-corrected chi connectivity index (χ4v) is 2.22. The molecule has 0 aliphatic rings. The summed E-state index contributed by atoms with van der Waals surface area (Å²) < 4.78 is 4.58. The summed E-state index contributed by atoms with van der Waals surface area (Å²) in [5.41, 5.74) is 0.852. The Hall–Kier alpha value is -2.55. The third-order valence-corrected chi connectivity index (χ3v) is 3.13. The Balaban J connectivity index is 2.06. The average Bonchev–Trinajstić information content (AvgIpc) is 2.42. The van der Waals surface area contributed by atoms with E-state index in [4.69, 9.17) is 5.11 Å². The van der Waals surface area contributed by atoms with Crippen LogP contribution >= 0.6 is 0 Å². The van der Waals surface area contributed by atoms with Gasteiger partial charge in [0.2, 0.25) is 0 Å². The van der Waals surface area contributed by atoms with Crippen molar-refractivity contribution in [1.29, 1.82) is 0 Å². The van der Waals surface area contributed by atoms with E-state index in [1.54, 1.807) is 0 Å². The molecule has 0 radical (unpaired) electrons. The van der Waals surface area contributed by atoms with Crippen LogP contribution in [-0.4, -0.2) is 11.3 Å². The van der Waals surface area contributed by atoms with Crippen molar-refractivity contribution in [3.63, 3.8) is 0 Å². The minimum Gasteiger partial charge on any atom is -0.450 e. The lowest BCUT2D eigenvalue weighted by molar-refractivity contribution is 0.0854. The van der Waals surface area contributed by atoms with Crippen molar-refractivity contribution in [2.75, 3.05) is 0 Å². The molecule has 3 rings (SSSR count). The molecule has 0 aromatic heterocycles. The van der Waals surface area contributed by atoms with Crippen molar-refractivity contribution in [3.05, 3.63) is 60.2 Å². The average molecular weight is 252 g/mol. The van der Waals surface area contributed by atoms with E-state index >= 15 is 0 Å². The minimum atomic E-state index is -1.25. The van der Waals surface area contributed by atoms with Crippen LogP contribution in [0.15, 0.2) is 54.6 Å². The molecule has 0 saturated carbocycles. The first-order valence-electron chi connectivity index (χ1n) is 5.99. The van der Waals surface area contributed by atoms with Crippen LogP contribution in [-0.2, 0) is 11.3 Å². The highest BCUT2D eigenvalue weighted by Gasteiger charge is 2.02. The summed E-state index contributed by atoms with van der Waals surface area (Å²) in [4.78, 5) is 10.4. The van der Waals surface area contributed by atoms with Crippen LogP contribution in [0.3, 0.4) is 0 Å². The SMILES string of the molecule is O=C(O)OCc1ccc2cc3ccccc3cc2c1. The van der Waals surface area contributed by atoms with Gasteiger partial charge in [-0.2, -0.15) is 0 Å². The van der Waals surface area contributed by atoms with Gasteiger partial charge in [-0.3, -0.25) is 0 Å². The van der Waals surface area contributed by atoms with Gasteiger partial charge in [-0.15, -0.1) is 0 Å². The van der Waals surface area contributed by atoms with Gasteiger partial charge < -0.3 is 9.84 Å². The second-order valence-corrected chi connectivity index (χ2v) is 4.44. The largest absolute Gasteiger partial charge is 0.506 e. The van der Waals surface area contributed by atoms with E-state index in [9.17, 15) is 4.79 Å². The molecule has 0 unspecified atom stereocenters. The molecule has 0 spiro atoms. The Labute approximate surface area is 110 Å². The first-order valence-corrected chi connectivity index (χ1v) is 5.99. The third kappa shape index (κ3) is 2.36. The van der Waals surface area contributed by atoms with E-state index in [1.807, 2.05) is 30.3 Å². The molecule has 0 heterocycles. The Kier molecular flexibility index (Phi) is 2.80. The van der Waals surface area contributed by atoms with Crippen LogP contribution in [0.5, 0.6) is 0 Å². The van der Waals surface area contributed by atoms with Gasteiger partial charge in [0.15, 0.2) is 0 Å². The number of hydrogen-bond donors (Lipinski definition) is 1. The van der Waals surface area contributed by atoms with Gasteiger partial charge in [-0.1, -0.05) is 36.4 Å². The number of rotatable bonds is 2. The zero-order chi connectivity index (χ0) is 13.2. The van der Waals surface area contributed by atoms with Crippen LogP contribution in [0.2, 0.25) is 0 Å². The summed E-state index contributed by atoms with van der Waals surface area (Å²) in [7, 11) is 0. The molecule has 0 amide bonds. The molecule has 0 aliphatic carbocycles. The minimum absolute atomic E-state index is 0.0814. The lowest BCUT2D eigenvalue weighted by atomic mass is 10.0. The number of benzene rings is 3. The van der Waals surface area contributed by atoms with Gasteiger partial charge in [0.1, 0.15) is 6.61 Å². The predicted molar refractivity (Wildman–Crippen MR) is 74.3 cm³/mol. The summed E-state index contributed by atoms with van der Waals surface area (Å²) in [6.07, 6.45) is -1.25. The molecule has 1 N–H and O–H groups in total. The first kappa shape index (κ1) is 11.5. The molecular weight excluding hydrogens is 240 g/mol. The lowest BCUT2D eigenvalue weighted by Gasteiger charge is -2.05. The van der Waals surface area contributed by atoms with Crippen molar-refractivity contribution in [2.24, 2.45) is 0 Å². The standard InChI is InChI=1S/C16H12O3/c17-16(18)19-10-11-5-6-14-8-12-3-1-2-4-13(12)9-15(14)7-11/h1-9H,10H2,(H,17,18). The van der Waals surface area contributed by atoms with E-state index in [0.29, 0.717) is 0 Å². The van der Waals surface area contributed by atoms with E-state index in [2.05, 4.69) is 29.0 Å². The normalized spacial score (nSPS) is 10.7. The van der Waals surface area contributed by atoms with Crippen molar-refractivity contribution < 1.29 is 14.6 Å². The fraction of sp³-hybridized carbons (Fsp3) is 0.0625. The zero-order valence-electron chi connectivity index (χ0n) is 10.2. The number of hydrogen-bond acceptors (Lipinski definition) is 2. The van der Waals surface area contributed by atoms with Gasteiger partial charge in [0.25, 0.3) is 0 Å². The Morgan fingerprint density at radius 2 is 1.53 bits per heavy atom. The number of fused-ring (bicyclic) bond motifs is 2. The number of ether oxygens (including phenoxy) is 1. The van der Waals surface area contributed by atoms with E-state index < -0.39 is 6.16 Å². The molecule has 0 saturated heterocycles. The van der Waals surface area contributed by atoms with E-state index in [0.717, 1.165) is 16.3 Å². The molecule has 0 aliphatic heterocycles. The van der Waals surface area contributed by atoms with Crippen LogP contribution in [0, 0.1) is 0 Å². The lowest BCUT2D eigenvalue weighted by Crippen LogP contribution is -1.99. The molecular formula is C16H12O3. The monoisotopic (exact) mass is 252 g/mol. The number of carbonyl (C=O) groups is 1. The maximum Gasteiger partial charge on any atom is 0.506 e. The molecule has 19 heavy (non-hydrogen) atoms. The smallest absolute Gasteiger partial charge is 0.450 e. The van der Waals surface area contributed by atoms with Crippen LogP contribution in [0.4, 0.5) is 4.79 Å². The maximum atomic E-state index is 10.4. The maximum absolute atomic E-state index is 10.4. The van der Waals surface area contributed by atoms with Crippen LogP contribution in [0.25, 0.3) is 21.5 Å². The summed E-state index contributed by atoms with van der Waals surface area (Å²) >= 11 is 0. The Morgan fingerprint density at radius 1 is 0.895 bits per heavy atom. The van der Waals surface area contributed by atoms with Gasteiger partial charge in [-0.25, -0.2) is 4.79 Å². The summed E-state index contributed by atoms with van der Waals surface area (Å²) in [5, 5.41) is 13.1. The van der Waals surface area contributed by atoms with Crippen molar-refractivity contribution in [2.45, 2.75) is 6.61 Å². The fourth-order valence-electron chi connectivity index (χ4n) is 2.22. The number of carboxylic acid groups (broad SMARTS) is 1.